The van der Waals surface area contributed by atoms with E-state index in [0.717, 1.165) is 16.2 Å². The van der Waals surface area contributed by atoms with E-state index >= 15 is 0 Å². The summed E-state index contributed by atoms with van der Waals surface area (Å²) in [5.74, 6) is -0.426. The normalized spacial score (nSPS) is 16.5. The van der Waals surface area contributed by atoms with E-state index in [1.165, 1.54) is 36.4 Å². The van der Waals surface area contributed by atoms with Crippen LogP contribution in [0, 0.1) is 12.7 Å². The summed E-state index contributed by atoms with van der Waals surface area (Å²) in [7, 11) is -7.48. The molecule has 0 saturated heterocycles. The van der Waals surface area contributed by atoms with Crippen molar-refractivity contribution >= 4 is 31.4 Å². The molecule has 7 nitrogen and oxygen atoms in total. The molecule has 0 saturated carbocycles. The number of halogens is 1. The Morgan fingerprint density at radius 3 is 2.27 bits per heavy atom. The van der Waals surface area contributed by atoms with E-state index in [-0.39, 0.29) is 11.3 Å². The van der Waals surface area contributed by atoms with Gasteiger partial charge in [0.05, 0.1) is 22.9 Å². The predicted octanol–water partition coefficient (Wildman–Crippen LogP) is 4.05. The van der Waals surface area contributed by atoms with Crippen LogP contribution in [0.25, 0.3) is 0 Å². The fraction of sp³-hybridized carbons (Fsp3) is 0.174. The summed E-state index contributed by atoms with van der Waals surface area (Å²) in [6.07, 6.45) is 1.28. The number of rotatable bonds is 6. The minimum absolute atomic E-state index is 0.0951. The number of aryl methyl sites for hydroxylation is 1. The molecule has 0 spiro atoms. The highest BCUT2D eigenvalue weighted by Crippen LogP contribution is 2.37. The van der Waals surface area contributed by atoms with Crippen molar-refractivity contribution in [2.75, 3.05) is 11.0 Å². The average Bonchev–Trinajstić information content (AvgIpc) is 3.20. The highest BCUT2D eigenvalue weighted by Gasteiger charge is 2.37. The van der Waals surface area contributed by atoms with Gasteiger partial charge >= 0.3 is 0 Å². The zero-order chi connectivity index (χ0) is 23.8. The van der Waals surface area contributed by atoms with Gasteiger partial charge in [0.2, 0.25) is 10.0 Å². The number of nitrogens with zero attached hydrogens (tertiary/aromatic N) is 2. The van der Waals surface area contributed by atoms with E-state index in [2.05, 4.69) is 9.82 Å². The van der Waals surface area contributed by atoms with E-state index in [4.69, 9.17) is 0 Å². The van der Waals surface area contributed by atoms with Gasteiger partial charge in [-0.25, -0.2) is 12.8 Å². The summed E-state index contributed by atoms with van der Waals surface area (Å²) in [5, 5.41) is 4.44. The number of anilines is 1. The van der Waals surface area contributed by atoms with Crippen LogP contribution in [0.5, 0.6) is 0 Å². The molecule has 3 aromatic carbocycles. The lowest BCUT2D eigenvalue weighted by Crippen LogP contribution is -2.27. The largest absolute Gasteiger partial charge is 0.284 e. The molecule has 0 bridgehead atoms. The van der Waals surface area contributed by atoms with Gasteiger partial charge in [-0.1, -0.05) is 42.0 Å². The second-order valence-electron chi connectivity index (χ2n) is 7.86. The Morgan fingerprint density at radius 1 is 0.970 bits per heavy atom. The summed E-state index contributed by atoms with van der Waals surface area (Å²) >= 11 is 0. The Labute approximate surface area is 192 Å². The summed E-state index contributed by atoms with van der Waals surface area (Å²) < 4.78 is 67.1. The Morgan fingerprint density at radius 2 is 1.64 bits per heavy atom. The lowest BCUT2D eigenvalue weighted by Gasteiger charge is -2.23. The monoisotopic (exact) mass is 487 g/mol. The van der Waals surface area contributed by atoms with Crippen molar-refractivity contribution in [1.82, 2.24) is 4.41 Å². The average molecular weight is 488 g/mol. The van der Waals surface area contributed by atoms with Crippen LogP contribution in [0.4, 0.5) is 10.1 Å². The van der Waals surface area contributed by atoms with Gasteiger partial charge in [0.15, 0.2) is 0 Å². The molecule has 1 heterocycles. The minimum atomic E-state index is -4.00. The van der Waals surface area contributed by atoms with Gasteiger partial charge < -0.3 is 0 Å². The van der Waals surface area contributed by atoms with Gasteiger partial charge in [-0.15, -0.1) is 0 Å². The Hall–Kier alpha value is -3.24. The second kappa shape index (κ2) is 8.60. The van der Waals surface area contributed by atoms with Gasteiger partial charge in [0.1, 0.15) is 5.82 Å². The van der Waals surface area contributed by atoms with Gasteiger partial charge in [-0.3, -0.25) is 4.72 Å². The maximum atomic E-state index is 13.5. The molecule has 1 atom stereocenters. The first-order valence-electron chi connectivity index (χ1n) is 10.1. The first-order valence-corrected chi connectivity index (χ1v) is 13.4. The Kier molecular flexibility index (Phi) is 5.98. The van der Waals surface area contributed by atoms with Crippen LogP contribution >= 0.6 is 0 Å². The number of sulfonamides is 2. The SMILES string of the molecule is Cc1ccc(S(=O)(=O)N2N=C(c3cccc(NS(C)(=O)=O)c3)CC2c2ccc(F)cc2)cc1. The fourth-order valence-corrected chi connectivity index (χ4v) is 5.60. The van der Waals surface area contributed by atoms with Gasteiger partial charge in [-0.2, -0.15) is 17.9 Å². The number of nitrogens with one attached hydrogen (secondary N) is 1. The maximum absolute atomic E-state index is 13.5. The molecule has 172 valence electrons. The van der Waals surface area contributed by atoms with E-state index in [0.29, 0.717) is 22.5 Å². The van der Waals surface area contributed by atoms with E-state index in [9.17, 15) is 21.2 Å². The molecule has 1 N–H and O–H groups in total. The fourth-order valence-electron chi connectivity index (χ4n) is 3.61. The molecule has 0 aromatic heterocycles. The zero-order valence-electron chi connectivity index (χ0n) is 17.9. The van der Waals surface area contributed by atoms with Crippen LogP contribution in [0.2, 0.25) is 0 Å². The molecule has 4 rings (SSSR count). The lowest BCUT2D eigenvalue weighted by atomic mass is 9.99. The van der Waals surface area contributed by atoms with Crippen LogP contribution in [0.15, 0.2) is 82.8 Å². The number of benzene rings is 3. The maximum Gasteiger partial charge on any atom is 0.279 e. The highest BCUT2D eigenvalue weighted by atomic mass is 32.2. The zero-order valence-corrected chi connectivity index (χ0v) is 19.6. The molecule has 1 aliphatic rings. The quantitative estimate of drug-likeness (QED) is 0.568. The minimum Gasteiger partial charge on any atom is -0.284 e. The van der Waals surface area contributed by atoms with E-state index in [1.54, 1.807) is 36.4 Å². The Balaban J connectivity index is 1.78. The number of hydrazone groups is 1. The third-order valence-corrected chi connectivity index (χ3v) is 7.49. The molecular weight excluding hydrogens is 465 g/mol. The molecule has 0 amide bonds. The van der Waals surface area contributed by atoms with Crippen molar-refractivity contribution in [1.29, 1.82) is 0 Å². The summed E-state index contributed by atoms with van der Waals surface area (Å²) in [6, 6.07) is 18.0. The number of hydrogen-bond acceptors (Lipinski definition) is 5. The summed E-state index contributed by atoms with van der Waals surface area (Å²) in [4.78, 5) is 0.0951. The molecular formula is C23H22FN3O4S2. The van der Waals surface area contributed by atoms with Crippen molar-refractivity contribution in [2.24, 2.45) is 5.10 Å². The third kappa shape index (κ3) is 5.07. The summed E-state index contributed by atoms with van der Waals surface area (Å²) in [6.45, 7) is 1.86. The first-order chi connectivity index (χ1) is 15.5. The smallest absolute Gasteiger partial charge is 0.279 e. The van der Waals surface area contributed by atoms with Crippen molar-refractivity contribution < 1.29 is 21.2 Å². The second-order valence-corrected chi connectivity index (χ2v) is 11.4. The lowest BCUT2D eigenvalue weighted by molar-refractivity contribution is 0.371. The molecule has 1 unspecified atom stereocenters. The topological polar surface area (TPSA) is 95.9 Å². The first kappa shape index (κ1) is 22.9. The molecule has 33 heavy (non-hydrogen) atoms. The Bertz CT molecular complexity index is 1420. The predicted molar refractivity (Wildman–Crippen MR) is 125 cm³/mol. The highest BCUT2D eigenvalue weighted by molar-refractivity contribution is 7.92. The summed E-state index contributed by atoms with van der Waals surface area (Å²) in [5.41, 5.74) is 2.91. The van der Waals surface area contributed by atoms with Gasteiger partial charge in [0.25, 0.3) is 10.0 Å². The van der Waals surface area contributed by atoms with Gasteiger partial charge in [0, 0.05) is 12.1 Å². The van der Waals surface area contributed by atoms with Crippen molar-refractivity contribution in [3.8, 4) is 0 Å². The van der Waals surface area contributed by atoms with Crippen LogP contribution in [0.1, 0.15) is 29.2 Å². The third-order valence-electron chi connectivity index (χ3n) is 5.19. The van der Waals surface area contributed by atoms with E-state index < -0.39 is 31.9 Å². The van der Waals surface area contributed by atoms with E-state index in [1.807, 2.05) is 6.92 Å². The van der Waals surface area contributed by atoms with Crippen LogP contribution in [-0.4, -0.2) is 33.2 Å². The van der Waals surface area contributed by atoms with Crippen LogP contribution in [0.3, 0.4) is 0 Å². The molecule has 0 fully saturated rings. The van der Waals surface area contributed by atoms with Crippen LogP contribution in [-0.2, 0) is 20.0 Å². The molecule has 3 aromatic rings. The van der Waals surface area contributed by atoms with Crippen molar-refractivity contribution in [2.45, 2.75) is 24.3 Å². The van der Waals surface area contributed by atoms with Crippen molar-refractivity contribution in [3.05, 3.63) is 95.3 Å². The standard InChI is InChI=1S/C23H22FN3O4S2/c1-16-6-12-21(13-7-16)33(30,31)27-23(17-8-10-19(24)11-9-17)15-22(25-27)18-4-3-5-20(14-18)26-32(2,28)29/h3-14,23,26H,15H2,1-2H3. The molecule has 0 aliphatic carbocycles. The van der Waals surface area contributed by atoms with Gasteiger partial charge in [-0.05, 0) is 54.4 Å². The van der Waals surface area contributed by atoms with Crippen LogP contribution < -0.4 is 4.72 Å². The van der Waals surface area contributed by atoms with Crippen molar-refractivity contribution in [3.63, 3.8) is 0 Å². The molecule has 10 heteroatoms. The molecule has 0 radical (unpaired) electrons. The number of hydrogen-bond donors (Lipinski definition) is 1. The molecule has 1 aliphatic heterocycles.